The van der Waals surface area contributed by atoms with E-state index in [1.165, 1.54) is 0 Å². The predicted molar refractivity (Wildman–Crippen MR) is 107 cm³/mol. The van der Waals surface area contributed by atoms with Crippen LogP contribution in [0.5, 0.6) is 5.75 Å². The van der Waals surface area contributed by atoms with Crippen LogP contribution in [0.4, 0.5) is 5.69 Å². The molecular weight excluding hydrogens is 414 g/mol. The van der Waals surface area contributed by atoms with Crippen molar-refractivity contribution in [2.45, 2.75) is 18.4 Å². The van der Waals surface area contributed by atoms with E-state index in [4.69, 9.17) is 4.18 Å². The standard InChI is InChI=1S/C20H18BrNO3S/c1-15-7-10-19(11-8-15)26(23,24)25-20-12-9-17(21)13-16(20)14-22-18-5-3-2-4-6-18/h2-13,22H,14H2,1H3. The molecule has 0 fully saturated rings. The molecule has 0 aliphatic rings. The van der Waals surface area contributed by atoms with Crippen LogP contribution < -0.4 is 9.50 Å². The van der Waals surface area contributed by atoms with Gasteiger partial charge in [0.15, 0.2) is 0 Å². The molecule has 0 saturated heterocycles. The molecule has 0 aromatic heterocycles. The van der Waals surface area contributed by atoms with Gasteiger partial charge in [-0.1, -0.05) is 51.8 Å². The van der Waals surface area contributed by atoms with E-state index < -0.39 is 10.1 Å². The van der Waals surface area contributed by atoms with Crippen molar-refractivity contribution in [3.8, 4) is 5.75 Å². The zero-order chi connectivity index (χ0) is 18.6. The maximum absolute atomic E-state index is 12.6. The van der Waals surface area contributed by atoms with Crippen molar-refractivity contribution >= 4 is 31.7 Å². The maximum Gasteiger partial charge on any atom is 0.339 e. The van der Waals surface area contributed by atoms with Crippen molar-refractivity contribution in [1.29, 1.82) is 0 Å². The molecule has 3 aromatic rings. The summed E-state index contributed by atoms with van der Waals surface area (Å²) in [4.78, 5) is 0.132. The molecule has 0 saturated carbocycles. The molecule has 134 valence electrons. The van der Waals surface area contributed by atoms with Gasteiger partial charge in [-0.3, -0.25) is 0 Å². The van der Waals surface area contributed by atoms with Crippen LogP contribution in [0, 0.1) is 6.92 Å². The second-order valence-corrected chi connectivity index (χ2v) is 8.28. The molecule has 0 aliphatic carbocycles. The van der Waals surface area contributed by atoms with Crippen molar-refractivity contribution < 1.29 is 12.6 Å². The van der Waals surface area contributed by atoms with Gasteiger partial charge in [-0.05, 0) is 49.4 Å². The highest BCUT2D eigenvalue weighted by molar-refractivity contribution is 9.10. The molecule has 3 aromatic carbocycles. The van der Waals surface area contributed by atoms with Crippen LogP contribution in [0.1, 0.15) is 11.1 Å². The van der Waals surface area contributed by atoms with Crippen molar-refractivity contribution in [3.05, 3.63) is 88.4 Å². The highest BCUT2D eigenvalue weighted by Crippen LogP contribution is 2.27. The van der Waals surface area contributed by atoms with Crippen LogP contribution in [-0.4, -0.2) is 8.42 Å². The van der Waals surface area contributed by atoms with Gasteiger partial charge in [0, 0.05) is 22.3 Å². The summed E-state index contributed by atoms with van der Waals surface area (Å²) in [7, 11) is -3.89. The minimum atomic E-state index is -3.89. The van der Waals surface area contributed by atoms with Crippen molar-refractivity contribution in [3.63, 3.8) is 0 Å². The second-order valence-electron chi connectivity index (χ2n) is 5.82. The number of halogens is 1. The van der Waals surface area contributed by atoms with Crippen LogP contribution in [-0.2, 0) is 16.7 Å². The first kappa shape index (κ1) is 18.5. The molecule has 0 radical (unpaired) electrons. The van der Waals surface area contributed by atoms with E-state index >= 15 is 0 Å². The van der Waals surface area contributed by atoms with E-state index in [0.717, 1.165) is 21.3 Å². The Kier molecular flexibility index (Phi) is 5.64. The number of hydrogen-bond acceptors (Lipinski definition) is 4. The van der Waals surface area contributed by atoms with E-state index in [9.17, 15) is 8.42 Å². The number of benzene rings is 3. The summed E-state index contributed by atoms with van der Waals surface area (Å²) in [5.41, 5.74) is 2.67. The predicted octanol–water partition coefficient (Wildman–Crippen LogP) is 5.14. The highest BCUT2D eigenvalue weighted by atomic mass is 79.9. The van der Waals surface area contributed by atoms with Crippen molar-refractivity contribution in [2.24, 2.45) is 0 Å². The zero-order valence-corrected chi connectivity index (χ0v) is 16.5. The van der Waals surface area contributed by atoms with Crippen LogP contribution in [0.15, 0.2) is 82.2 Å². The van der Waals surface area contributed by atoms with Crippen LogP contribution in [0.3, 0.4) is 0 Å². The molecule has 0 amide bonds. The fourth-order valence-electron chi connectivity index (χ4n) is 2.39. The van der Waals surface area contributed by atoms with E-state index in [2.05, 4.69) is 21.2 Å². The Labute approximate surface area is 162 Å². The Morgan fingerprint density at radius 1 is 0.962 bits per heavy atom. The third-order valence-electron chi connectivity index (χ3n) is 3.79. The Morgan fingerprint density at radius 2 is 1.65 bits per heavy atom. The molecule has 3 rings (SSSR count). The normalized spacial score (nSPS) is 11.2. The van der Waals surface area contributed by atoms with Gasteiger partial charge in [-0.25, -0.2) is 0 Å². The summed E-state index contributed by atoms with van der Waals surface area (Å²) in [6.45, 7) is 2.33. The third kappa shape index (κ3) is 4.65. The Hall–Kier alpha value is -2.31. The Balaban J connectivity index is 1.84. The summed E-state index contributed by atoms with van der Waals surface area (Å²) >= 11 is 3.42. The molecule has 0 heterocycles. The third-order valence-corrected chi connectivity index (χ3v) is 5.53. The largest absolute Gasteiger partial charge is 0.381 e. The zero-order valence-electron chi connectivity index (χ0n) is 14.1. The molecule has 1 N–H and O–H groups in total. The first-order valence-electron chi connectivity index (χ1n) is 8.02. The van der Waals surface area contributed by atoms with Gasteiger partial charge < -0.3 is 9.50 Å². The second kappa shape index (κ2) is 7.93. The lowest BCUT2D eigenvalue weighted by Gasteiger charge is -2.13. The van der Waals surface area contributed by atoms with Crippen LogP contribution in [0.2, 0.25) is 0 Å². The van der Waals surface area contributed by atoms with Gasteiger partial charge in [-0.15, -0.1) is 0 Å². The molecule has 0 unspecified atom stereocenters. The number of rotatable bonds is 6. The van der Waals surface area contributed by atoms with Gasteiger partial charge in [0.05, 0.1) is 0 Å². The molecule has 0 aliphatic heterocycles. The lowest BCUT2D eigenvalue weighted by molar-refractivity contribution is 0.483. The van der Waals surface area contributed by atoms with Gasteiger partial charge in [-0.2, -0.15) is 8.42 Å². The lowest BCUT2D eigenvalue weighted by Crippen LogP contribution is -2.12. The van der Waals surface area contributed by atoms with Gasteiger partial charge >= 0.3 is 10.1 Å². The number of aryl methyl sites for hydroxylation is 1. The Bertz CT molecular complexity index is 987. The SMILES string of the molecule is Cc1ccc(S(=O)(=O)Oc2ccc(Br)cc2CNc2ccccc2)cc1. The van der Waals surface area contributed by atoms with E-state index in [0.29, 0.717) is 12.3 Å². The number of para-hydroxylation sites is 1. The molecule has 0 spiro atoms. The molecular formula is C20H18BrNO3S. The summed E-state index contributed by atoms with van der Waals surface area (Å²) in [6.07, 6.45) is 0. The first-order chi connectivity index (χ1) is 12.4. The fourth-order valence-corrected chi connectivity index (χ4v) is 3.77. The Morgan fingerprint density at radius 3 is 2.35 bits per heavy atom. The van der Waals surface area contributed by atoms with E-state index in [1.54, 1.807) is 36.4 Å². The molecule has 26 heavy (non-hydrogen) atoms. The molecule has 6 heteroatoms. The van der Waals surface area contributed by atoms with Gasteiger partial charge in [0.1, 0.15) is 10.6 Å². The van der Waals surface area contributed by atoms with Crippen LogP contribution >= 0.6 is 15.9 Å². The first-order valence-corrected chi connectivity index (χ1v) is 10.2. The van der Waals surface area contributed by atoms with E-state index in [-0.39, 0.29) is 4.90 Å². The van der Waals surface area contributed by atoms with Gasteiger partial charge in [0.25, 0.3) is 0 Å². The maximum atomic E-state index is 12.6. The minimum Gasteiger partial charge on any atom is -0.381 e. The summed E-state index contributed by atoms with van der Waals surface area (Å²) in [6, 6.07) is 21.5. The lowest BCUT2D eigenvalue weighted by atomic mass is 10.2. The topological polar surface area (TPSA) is 55.4 Å². The monoisotopic (exact) mass is 431 g/mol. The number of nitrogens with one attached hydrogen (secondary N) is 1. The van der Waals surface area contributed by atoms with Crippen LogP contribution in [0.25, 0.3) is 0 Å². The highest BCUT2D eigenvalue weighted by Gasteiger charge is 2.18. The number of anilines is 1. The summed E-state index contributed by atoms with van der Waals surface area (Å²) in [5.74, 6) is 0.303. The van der Waals surface area contributed by atoms with Crippen molar-refractivity contribution in [1.82, 2.24) is 0 Å². The smallest absolute Gasteiger partial charge is 0.339 e. The van der Waals surface area contributed by atoms with Gasteiger partial charge in [0.2, 0.25) is 0 Å². The molecule has 4 nitrogen and oxygen atoms in total. The van der Waals surface area contributed by atoms with E-state index in [1.807, 2.05) is 43.3 Å². The molecule has 0 bridgehead atoms. The average molecular weight is 432 g/mol. The summed E-state index contributed by atoms with van der Waals surface area (Å²) < 4.78 is 31.4. The summed E-state index contributed by atoms with van der Waals surface area (Å²) in [5, 5.41) is 3.27. The molecule has 0 atom stereocenters. The average Bonchev–Trinajstić information content (AvgIpc) is 2.63. The quantitative estimate of drug-likeness (QED) is 0.549. The fraction of sp³-hybridized carbons (Fsp3) is 0.100. The minimum absolute atomic E-state index is 0.132. The number of hydrogen-bond donors (Lipinski definition) is 1. The van der Waals surface area contributed by atoms with Crippen molar-refractivity contribution in [2.75, 3.05) is 5.32 Å².